The highest BCUT2D eigenvalue weighted by atomic mass is 32.2. The van der Waals surface area contributed by atoms with Gasteiger partial charge in [-0.15, -0.1) is 10.2 Å². The minimum atomic E-state index is -0.978. The summed E-state index contributed by atoms with van der Waals surface area (Å²) in [4.78, 5) is 24.7. The lowest BCUT2D eigenvalue weighted by atomic mass is 10.2. The third-order valence-electron chi connectivity index (χ3n) is 4.80. The monoisotopic (exact) mass is 476 g/mol. The Morgan fingerprint density at radius 3 is 2.32 bits per heavy atom. The first-order chi connectivity index (χ1) is 16.5. The average molecular weight is 477 g/mol. The molecule has 0 saturated heterocycles. The lowest BCUT2D eigenvalue weighted by Gasteiger charge is -2.14. The lowest BCUT2D eigenvalue weighted by molar-refractivity contribution is -0.150. The second kappa shape index (κ2) is 10.8. The number of esters is 1. The van der Waals surface area contributed by atoms with Crippen molar-refractivity contribution < 1.29 is 18.7 Å². The number of rotatable bonds is 8. The Hall–Kier alpha value is -3.98. The van der Waals surface area contributed by atoms with Gasteiger partial charge < -0.3 is 10.1 Å². The van der Waals surface area contributed by atoms with Crippen LogP contribution in [0.1, 0.15) is 6.92 Å². The van der Waals surface area contributed by atoms with Gasteiger partial charge in [-0.25, -0.2) is 4.39 Å². The minimum absolute atomic E-state index is 0.106. The number of amides is 1. The predicted molar refractivity (Wildman–Crippen MR) is 128 cm³/mol. The van der Waals surface area contributed by atoms with Crippen molar-refractivity contribution in [2.75, 3.05) is 11.1 Å². The van der Waals surface area contributed by atoms with Crippen molar-refractivity contribution in [1.29, 1.82) is 0 Å². The molecule has 9 heteroatoms. The minimum Gasteiger partial charge on any atom is -0.452 e. The van der Waals surface area contributed by atoms with E-state index in [9.17, 15) is 14.0 Å². The van der Waals surface area contributed by atoms with Gasteiger partial charge >= 0.3 is 5.97 Å². The van der Waals surface area contributed by atoms with Crippen LogP contribution in [-0.4, -0.2) is 38.5 Å². The Kier molecular flexibility index (Phi) is 7.34. The van der Waals surface area contributed by atoms with Crippen LogP contribution in [0.3, 0.4) is 0 Å². The summed E-state index contributed by atoms with van der Waals surface area (Å²) in [6, 6.07) is 24.4. The van der Waals surface area contributed by atoms with E-state index in [0.717, 1.165) is 17.4 Å². The van der Waals surface area contributed by atoms with E-state index in [1.165, 1.54) is 13.0 Å². The fourth-order valence-corrected chi connectivity index (χ4v) is 3.90. The highest BCUT2D eigenvalue weighted by Gasteiger charge is 2.22. The van der Waals surface area contributed by atoms with Gasteiger partial charge in [0.1, 0.15) is 5.82 Å². The number of thioether (sulfide) groups is 1. The maximum Gasteiger partial charge on any atom is 0.317 e. The molecule has 1 heterocycles. The first-order valence-electron chi connectivity index (χ1n) is 10.5. The third-order valence-corrected chi connectivity index (χ3v) is 5.70. The number of anilines is 1. The first kappa shape index (κ1) is 23.2. The highest BCUT2D eigenvalue weighted by molar-refractivity contribution is 7.99. The van der Waals surface area contributed by atoms with Crippen molar-refractivity contribution in [3.63, 3.8) is 0 Å². The van der Waals surface area contributed by atoms with Crippen LogP contribution < -0.4 is 5.32 Å². The van der Waals surface area contributed by atoms with Crippen molar-refractivity contribution in [2.45, 2.75) is 18.2 Å². The Morgan fingerprint density at radius 2 is 1.62 bits per heavy atom. The molecule has 1 aromatic heterocycles. The molecule has 1 N–H and O–H groups in total. The van der Waals surface area contributed by atoms with Crippen molar-refractivity contribution in [3.8, 4) is 17.1 Å². The van der Waals surface area contributed by atoms with Crippen molar-refractivity contribution >= 4 is 29.3 Å². The van der Waals surface area contributed by atoms with Crippen molar-refractivity contribution in [2.24, 2.45) is 0 Å². The second-order valence-electron chi connectivity index (χ2n) is 7.23. The van der Waals surface area contributed by atoms with Gasteiger partial charge in [-0.1, -0.05) is 60.3 Å². The van der Waals surface area contributed by atoms with Gasteiger partial charge in [-0.3, -0.25) is 14.2 Å². The van der Waals surface area contributed by atoms with Crippen molar-refractivity contribution in [3.05, 3.63) is 90.7 Å². The predicted octanol–water partition coefficient (Wildman–Crippen LogP) is 4.74. The SMILES string of the molecule is CC(OC(=O)CSc1nnc(-c2ccccc2F)n1-c1ccccc1)C(=O)Nc1ccccc1. The molecule has 0 aliphatic heterocycles. The number of nitrogens with zero attached hydrogens (tertiary/aromatic N) is 3. The van der Waals surface area contributed by atoms with E-state index in [1.807, 2.05) is 36.4 Å². The molecule has 0 bridgehead atoms. The Balaban J connectivity index is 1.47. The summed E-state index contributed by atoms with van der Waals surface area (Å²) in [6.07, 6.45) is -0.978. The third kappa shape index (κ3) is 5.49. The number of hydrogen-bond donors (Lipinski definition) is 1. The zero-order chi connectivity index (χ0) is 23.9. The van der Waals surface area contributed by atoms with Gasteiger partial charge in [-0.2, -0.15) is 0 Å². The number of carbonyl (C=O) groups is 2. The van der Waals surface area contributed by atoms with E-state index in [-0.39, 0.29) is 5.75 Å². The molecule has 4 aromatic rings. The van der Waals surface area contributed by atoms with Gasteiger partial charge in [0.05, 0.1) is 11.3 Å². The van der Waals surface area contributed by atoms with Crippen LogP contribution in [0.4, 0.5) is 10.1 Å². The average Bonchev–Trinajstić information content (AvgIpc) is 3.28. The number of benzene rings is 3. The lowest BCUT2D eigenvalue weighted by Crippen LogP contribution is -2.30. The summed E-state index contributed by atoms with van der Waals surface area (Å²) in [5.41, 5.74) is 1.62. The fraction of sp³-hybridized carbons (Fsp3) is 0.120. The summed E-state index contributed by atoms with van der Waals surface area (Å²) in [5, 5.41) is 11.4. The van der Waals surface area contributed by atoms with Crippen molar-refractivity contribution in [1.82, 2.24) is 14.8 Å². The van der Waals surface area contributed by atoms with Crippen LogP contribution in [0, 0.1) is 5.82 Å². The number of carbonyl (C=O) groups excluding carboxylic acids is 2. The van der Waals surface area contributed by atoms with Gasteiger partial charge in [0.15, 0.2) is 17.1 Å². The smallest absolute Gasteiger partial charge is 0.317 e. The molecule has 0 radical (unpaired) electrons. The Bertz CT molecular complexity index is 1280. The number of ether oxygens (including phenoxy) is 1. The van der Waals surface area contributed by atoms with Crippen LogP contribution in [0.2, 0.25) is 0 Å². The molecule has 7 nitrogen and oxygen atoms in total. The largest absolute Gasteiger partial charge is 0.452 e. The molecular weight excluding hydrogens is 455 g/mol. The van der Waals surface area contributed by atoms with E-state index in [4.69, 9.17) is 4.74 Å². The number of nitrogens with one attached hydrogen (secondary N) is 1. The van der Waals surface area contributed by atoms with E-state index in [2.05, 4.69) is 15.5 Å². The quantitative estimate of drug-likeness (QED) is 0.292. The summed E-state index contributed by atoms with van der Waals surface area (Å²) < 4.78 is 21.4. The fourth-order valence-electron chi connectivity index (χ4n) is 3.16. The molecule has 0 spiro atoms. The van der Waals surface area contributed by atoms with Crippen LogP contribution in [0.15, 0.2) is 90.1 Å². The molecule has 34 heavy (non-hydrogen) atoms. The molecule has 0 aliphatic rings. The summed E-state index contributed by atoms with van der Waals surface area (Å²) in [6.45, 7) is 1.50. The van der Waals surface area contributed by atoms with Gasteiger partial charge in [0.25, 0.3) is 5.91 Å². The van der Waals surface area contributed by atoms with Crippen LogP contribution in [0.5, 0.6) is 0 Å². The zero-order valence-electron chi connectivity index (χ0n) is 18.2. The molecule has 3 aromatic carbocycles. The van der Waals surface area contributed by atoms with E-state index in [0.29, 0.717) is 22.2 Å². The number of para-hydroxylation sites is 2. The molecule has 0 fully saturated rings. The summed E-state index contributed by atoms with van der Waals surface area (Å²) in [7, 11) is 0. The van der Waals surface area contributed by atoms with Gasteiger partial charge in [0.2, 0.25) is 0 Å². The molecule has 0 saturated carbocycles. The van der Waals surface area contributed by atoms with Gasteiger partial charge in [0, 0.05) is 11.4 Å². The summed E-state index contributed by atoms with van der Waals surface area (Å²) in [5.74, 6) is -1.24. The topological polar surface area (TPSA) is 86.1 Å². The number of halogens is 1. The summed E-state index contributed by atoms with van der Waals surface area (Å²) >= 11 is 1.09. The first-order valence-corrected chi connectivity index (χ1v) is 11.5. The van der Waals surface area contributed by atoms with Gasteiger partial charge in [-0.05, 0) is 43.3 Å². The molecule has 0 aliphatic carbocycles. The van der Waals surface area contributed by atoms with Crippen LogP contribution in [0.25, 0.3) is 17.1 Å². The second-order valence-corrected chi connectivity index (χ2v) is 8.18. The number of hydrogen-bond acceptors (Lipinski definition) is 6. The van der Waals surface area contributed by atoms with E-state index in [1.54, 1.807) is 47.0 Å². The molecular formula is C25H21FN4O3S. The van der Waals surface area contributed by atoms with Crippen LogP contribution in [-0.2, 0) is 14.3 Å². The Labute approximate surface area is 200 Å². The van der Waals surface area contributed by atoms with E-state index >= 15 is 0 Å². The van der Waals surface area contributed by atoms with Crippen LogP contribution >= 0.6 is 11.8 Å². The molecule has 172 valence electrons. The highest BCUT2D eigenvalue weighted by Crippen LogP contribution is 2.29. The molecule has 4 rings (SSSR count). The molecule has 1 unspecified atom stereocenters. The molecule has 1 atom stereocenters. The maximum absolute atomic E-state index is 14.5. The molecule has 1 amide bonds. The zero-order valence-corrected chi connectivity index (χ0v) is 19.0. The maximum atomic E-state index is 14.5. The standard InChI is InChI=1S/C25H21FN4O3S/c1-17(24(32)27-18-10-4-2-5-11-18)33-22(31)16-34-25-29-28-23(20-14-8-9-15-21(20)26)30(25)19-12-6-3-7-13-19/h2-15,17H,16H2,1H3,(H,27,32). The van der Waals surface area contributed by atoms with E-state index < -0.39 is 23.8 Å². The number of aromatic nitrogens is 3. The normalized spacial score (nSPS) is 11.6. The Morgan fingerprint density at radius 1 is 0.971 bits per heavy atom.